The summed E-state index contributed by atoms with van der Waals surface area (Å²) in [5.74, 6) is 0.717. The van der Waals surface area contributed by atoms with Crippen LogP contribution in [0.5, 0.6) is 5.88 Å². The number of pyridine rings is 1. The summed E-state index contributed by atoms with van der Waals surface area (Å²) in [5.41, 5.74) is 2.68. The monoisotopic (exact) mass is 248 g/mol. The number of likely N-dealkylation sites (tertiary alicyclic amines) is 1. The molecule has 0 spiro atoms. The van der Waals surface area contributed by atoms with Crippen LogP contribution in [0.2, 0.25) is 0 Å². The number of nitrogens with zero attached hydrogens (tertiary/aromatic N) is 2. The summed E-state index contributed by atoms with van der Waals surface area (Å²) in [6, 6.07) is 2.61. The van der Waals surface area contributed by atoms with Crippen molar-refractivity contribution < 1.29 is 4.74 Å². The summed E-state index contributed by atoms with van der Waals surface area (Å²) < 4.78 is 5.18. The highest BCUT2D eigenvalue weighted by atomic mass is 16.5. The van der Waals surface area contributed by atoms with Crippen molar-refractivity contribution >= 4 is 0 Å². The molecule has 1 atom stereocenters. The van der Waals surface area contributed by atoms with E-state index in [2.05, 4.69) is 23.7 Å². The maximum absolute atomic E-state index is 5.18. The second-order valence-corrected chi connectivity index (χ2v) is 5.13. The summed E-state index contributed by atoms with van der Waals surface area (Å²) in [4.78, 5) is 6.98. The quantitative estimate of drug-likeness (QED) is 0.799. The fourth-order valence-electron chi connectivity index (χ4n) is 2.81. The van der Waals surface area contributed by atoms with Crippen molar-refractivity contribution in [2.24, 2.45) is 0 Å². The molecule has 1 aromatic rings. The van der Waals surface area contributed by atoms with Crippen molar-refractivity contribution in [3.05, 3.63) is 23.4 Å². The van der Waals surface area contributed by atoms with Gasteiger partial charge in [0.05, 0.1) is 7.11 Å². The van der Waals surface area contributed by atoms with Gasteiger partial charge in [-0.3, -0.25) is 4.90 Å². The van der Waals surface area contributed by atoms with Crippen LogP contribution < -0.4 is 4.74 Å². The van der Waals surface area contributed by atoms with E-state index >= 15 is 0 Å². The number of hydrogen-bond acceptors (Lipinski definition) is 3. The number of rotatable bonds is 5. The predicted molar refractivity (Wildman–Crippen MR) is 74.0 cm³/mol. The lowest BCUT2D eigenvalue weighted by Crippen LogP contribution is -2.25. The average Bonchev–Trinajstić information content (AvgIpc) is 2.84. The minimum absolute atomic E-state index is 0.565. The molecule has 0 aromatic carbocycles. The van der Waals surface area contributed by atoms with Crippen LogP contribution >= 0.6 is 0 Å². The van der Waals surface area contributed by atoms with E-state index in [4.69, 9.17) is 4.74 Å². The van der Waals surface area contributed by atoms with Crippen molar-refractivity contribution in [2.45, 2.75) is 45.6 Å². The van der Waals surface area contributed by atoms with Crippen LogP contribution in [0.25, 0.3) is 0 Å². The first-order valence-corrected chi connectivity index (χ1v) is 7.00. The number of aryl methyl sites for hydroxylation is 1. The molecular weight excluding hydrogens is 224 g/mol. The number of unbranched alkanes of at least 4 members (excludes halogenated alkanes) is 1. The van der Waals surface area contributed by atoms with Gasteiger partial charge in [-0.15, -0.1) is 0 Å². The molecule has 0 aliphatic carbocycles. The van der Waals surface area contributed by atoms with Crippen LogP contribution in [0.15, 0.2) is 12.3 Å². The van der Waals surface area contributed by atoms with Gasteiger partial charge in [0.1, 0.15) is 0 Å². The first-order chi connectivity index (χ1) is 8.76. The van der Waals surface area contributed by atoms with Gasteiger partial charge in [0.15, 0.2) is 0 Å². The topological polar surface area (TPSA) is 25.4 Å². The standard InChI is InChI=1S/C15H24N2O/c1-4-5-8-17-9-6-7-14(17)13-11-16-15(18-3)10-12(13)2/h10-11,14H,4-9H2,1-3H3/t14-/m0/s1. The van der Waals surface area contributed by atoms with Crippen LogP contribution in [0, 0.1) is 6.92 Å². The van der Waals surface area contributed by atoms with Gasteiger partial charge in [0.25, 0.3) is 0 Å². The van der Waals surface area contributed by atoms with Gasteiger partial charge in [-0.2, -0.15) is 0 Å². The molecule has 3 heteroatoms. The minimum atomic E-state index is 0.565. The highest BCUT2D eigenvalue weighted by Crippen LogP contribution is 2.34. The fraction of sp³-hybridized carbons (Fsp3) is 0.667. The lowest BCUT2D eigenvalue weighted by molar-refractivity contribution is 0.252. The highest BCUT2D eigenvalue weighted by molar-refractivity contribution is 5.31. The zero-order chi connectivity index (χ0) is 13.0. The van der Waals surface area contributed by atoms with E-state index in [1.807, 2.05) is 12.3 Å². The summed E-state index contributed by atoms with van der Waals surface area (Å²) in [6.45, 7) is 6.86. The SMILES string of the molecule is CCCCN1CCC[C@H]1c1cnc(OC)cc1C. The van der Waals surface area contributed by atoms with Gasteiger partial charge in [0, 0.05) is 18.3 Å². The van der Waals surface area contributed by atoms with E-state index in [1.54, 1.807) is 7.11 Å². The number of ether oxygens (including phenoxy) is 1. The third kappa shape index (κ3) is 2.83. The van der Waals surface area contributed by atoms with Crippen LogP contribution in [0.4, 0.5) is 0 Å². The molecule has 1 aliphatic heterocycles. The Hall–Kier alpha value is -1.09. The number of aromatic nitrogens is 1. The normalized spacial score (nSPS) is 20.3. The van der Waals surface area contributed by atoms with Gasteiger partial charge >= 0.3 is 0 Å². The Morgan fingerprint density at radius 2 is 2.33 bits per heavy atom. The summed E-state index contributed by atoms with van der Waals surface area (Å²) in [5, 5.41) is 0. The van der Waals surface area contributed by atoms with E-state index in [9.17, 15) is 0 Å². The molecule has 1 aliphatic rings. The highest BCUT2D eigenvalue weighted by Gasteiger charge is 2.26. The Balaban J connectivity index is 2.14. The smallest absolute Gasteiger partial charge is 0.213 e. The Bertz CT molecular complexity index is 392. The summed E-state index contributed by atoms with van der Waals surface area (Å²) in [7, 11) is 1.67. The molecule has 2 rings (SSSR count). The Morgan fingerprint density at radius 3 is 3.00 bits per heavy atom. The van der Waals surface area contributed by atoms with Crippen LogP contribution in [0.3, 0.4) is 0 Å². The van der Waals surface area contributed by atoms with Gasteiger partial charge in [-0.05, 0) is 50.4 Å². The summed E-state index contributed by atoms with van der Waals surface area (Å²) >= 11 is 0. The molecular formula is C15H24N2O. The second kappa shape index (κ2) is 6.19. The molecule has 0 amide bonds. The van der Waals surface area contributed by atoms with Crippen molar-refractivity contribution in [2.75, 3.05) is 20.2 Å². The first-order valence-electron chi connectivity index (χ1n) is 7.00. The molecule has 3 nitrogen and oxygen atoms in total. The van der Waals surface area contributed by atoms with Gasteiger partial charge in [-0.25, -0.2) is 4.98 Å². The molecule has 18 heavy (non-hydrogen) atoms. The van der Waals surface area contributed by atoms with E-state index in [-0.39, 0.29) is 0 Å². The third-order valence-electron chi connectivity index (χ3n) is 3.86. The van der Waals surface area contributed by atoms with Crippen molar-refractivity contribution in [3.8, 4) is 5.88 Å². The van der Waals surface area contributed by atoms with Gasteiger partial charge in [-0.1, -0.05) is 13.3 Å². The molecule has 1 aromatic heterocycles. The Labute approximate surface area is 110 Å². The Kier molecular flexibility index (Phi) is 4.59. The number of methoxy groups -OCH3 is 1. The second-order valence-electron chi connectivity index (χ2n) is 5.13. The zero-order valence-electron chi connectivity index (χ0n) is 11.8. The molecule has 0 unspecified atom stereocenters. The van der Waals surface area contributed by atoms with E-state index in [0.29, 0.717) is 11.9 Å². The van der Waals surface area contributed by atoms with Gasteiger partial charge < -0.3 is 4.74 Å². The van der Waals surface area contributed by atoms with E-state index in [1.165, 1.54) is 49.9 Å². The van der Waals surface area contributed by atoms with Crippen molar-refractivity contribution in [3.63, 3.8) is 0 Å². The summed E-state index contributed by atoms with van der Waals surface area (Å²) in [6.07, 6.45) is 7.13. The predicted octanol–water partition coefficient (Wildman–Crippen LogP) is 3.34. The maximum Gasteiger partial charge on any atom is 0.213 e. The lowest BCUT2D eigenvalue weighted by Gasteiger charge is -2.25. The molecule has 2 heterocycles. The molecule has 1 fully saturated rings. The number of hydrogen-bond donors (Lipinski definition) is 0. The molecule has 0 bridgehead atoms. The van der Waals surface area contributed by atoms with Gasteiger partial charge in [0.2, 0.25) is 5.88 Å². The van der Waals surface area contributed by atoms with Crippen LogP contribution in [0.1, 0.15) is 49.8 Å². The molecule has 100 valence electrons. The molecule has 0 saturated carbocycles. The zero-order valence-corrected chi connectivity index (χ0v) is 11.8. The van der Waals surface area contributed by atoms with Crippen LogP contribution in [-0.4, -0.2) is 30.1 Å². The minimum Gasteiger partial charge on any atom is -0.481 e. The average molecular weight is 248 g/mol. The lowest BCUT2D eigenvalue weighted by atomic mass is 10.0. The largest absolute Gasteiger partial charge is 0.481 e. The Morgan fingerprint density at radius 1 is 1.50 bits per heavy atom. The van der Waals surface area contributed by atoms with Crippen LogP contribution in [-0.2, 0) is 0 Å². The third-order valence-corrected chi connectivity index (χ3v) is 3.86. The molecule has 0 radical (unpaired) electrons. The van der Waals surface area contributed by atoms with E-state index < -0.39 is 0 Å². The molecule has 0 N–H and O–H groups in total. The maximum atomic E-state index is 5.18. The van der Waals surface area contributed by atoms with E-state index in [0.717, 1.165) is 0 Å². The fourth-order valence-corrected chi connectivity index (χ4v) is 2.81. The first kappa shape index (κ1) is 13.3. The van der Waals surface area contributed by atoms with Crippen molar-refractivity contribution in [1.82, 2.24) is 9.88 Å². The van der Waals surface area contributed by atoms with Crippen molar-refractivity contribution in [1.29, 1.82) is 0 Å². The molecule has 1 saturated heterocycles.